The number of aryl methyl sites for hydroxylation is 1. The van der Waals surface area contributed by atoms with Crippen LogP contribution in [0.3, 0.4) is 0 Å². The lowest BCUT2D eigenvalue weighted by atomic mass is 9.68. The van der Waals surface area contributed by atoms with Crippen LogP contribution in [0.15, 0.2) is 48.5 Å². The fourth-order valence-corrected chi connectivity index (χ4v) is 3.90. The van der Waals surface area contributed by atoms with Crippen LogP contribution >= 0.6 is 0 Å². The van der Waals surface area contributed by atoms with Gasteiger partial charge in [0.25, 0.3) is 0 Å². The zero-order valence-corrected chi connectivity index (χ0v) is 17.2. The predicted molar refractivity (Wildman–Crippen MR) is 113 cm³/mol. The Hall–Kier alpha value is -2.82. The molecule has 29 heavy (non-hydrogen) atoms. The summed E-state index contributed by atoms with van der Waals surface area (Å²) < 4.78 is 10.3. The van der Waals surface area contributed by atoms with Gasteiger partial charge in [0.15, 0.2) is 6.61 Å². The van der Waals surface area contributed by atoms with Crippen molar-refractivity contribution in [1.82, 2.24) is 0 Å². The van der Waals surface area contributed by atoms with E-state index in [1.807, 2.05) is 0 Å². The zero-order valence-electron chi connectivity index (χ0n) is 17.2. The first-order chi connectivity index (χ1) is 14.0. The Kier molecular flexibility index (Phi) is 6.91. The molecule has 1 aliphatic carbocycles. The lowest BCUT2D eigenvalue weighted by Crippen LogP contribution is -2.42. The average Bonchev–Trinajstić information content (AvgIpc) is 2.74. The number of hydrogen-bond acceptors (Lipinski definition) is 4. The van der Waals surface area contributed by atoms with Crippen molar-refractivity contribution in [3.63, 3.8) is 0 Å². The Labute approximate surface area is 172 Å². The van der Waals surface area contributed by atoms with Crippen molar-refractivity contribution in [1.29, 1.82) is 0 Å². The maximum atomic E-state index is 13.3. The van der Waals surface area contributed by atoms with Gasteiger partial charge in [0.05, 0.1) is 12.0 Å². The van der Waals surface area contributed by atoms with Crippen LogP contribution in [-0.4, -0.2) is 25.1 Å². The second kappa shape index (κ2) is 9.59. The van der Waals surface area contributed by atoms with E-state index in [0.29, 0.717) is 12.4 Å². The van der Waals surface area contributed by atoms with Crippen LogP contribution in [0, 0.1) is 6.92 Å². The van der Waals surface area contributed by atoms with Crippen molar-refractivity contribution in [2.24, 2.45) is 0 Å². The molecule has 0 radical (unpaired) electrons. The van der Waals surface area contributed by atoms with Gasteiger partial charge in [0.1, 0.15) is 5.75 Å². The van der Waals surface area contributed by atoms with E-state index >= 15 is 0 Å². The molecule has 5 nitrogen and oxygen atoms in total. The third-order valence-corrected chi connectivity index (χ3v) is 5.52. The van der Waals surface area contributed by atoms with Gasteiger partial charge >= 0.3 is 5.97 Å². The van der Waals surface area contributed by atoms with E-state index < -0.39 is 11.4 Å². The molecule has 1 fully saturated rings. The quantitative estimate of drug-likeness (QED) is 0.686. The molecular weight excluding hydrogens is 366 g/mol. The Morgan fingerprint density at radius 1 is 0.966 bits per heavy atom. The van der Waals surface area contributed by atoms with E-state index in [1.54, 1.807) is 31.2 Å². The molecule has 0 bridgehead atoms. The third-order valence-electron chi connectivity index (χ3n) is 5.52. The van der Waals surface area contributed by atoms with Gasteiger partial charge in [-0.25, -0.2) is 4.79 Å². The first-order valence-corrected chi connectivity index (χ1v) is 10.3. The molecule has 2 aromatic carbocycles. The van der Waals surface area contributed by atoms with Crippen molar-refractivity contribution in [2.75, 3.05) is 18.5 Å². The van der Waals surface area contributed by atoms with E-state index in [2.05, 4.69) is 36.5 Å². The molecule has 3 rings (SSSR count). The summed E-state index contributed by atoms with van der Waals surface area (Å²) in [6.45, 7) is 4.01. The molecule has 1 amide bonds. The van der Waals surface area contributed by atoms with Gasteiger partial charge in [-0.2, -0.15) is 0 Å². The van der Waals surface area contributed by atoms with Crippen molar-refractivity contribution in [2.45, 2.75) is 51.4 Å². The summed E-state index contributed by atoms with van der Waals surface area (Å²) in [5.41, 5.74) is 2.52. The second-order valence-electron chi connectivity index (χ2n) is 7.58. The Balaban J connectivity index is 1.69. The number of nitrogens with one attached hydrogen (secondary N) is 1. The first kappa shape index (κ1) is 20.9. The minimum Gasteiger partial charge on any atom is -0.482 e. The molecule has 1 N–H and O–H groups in total. The summed E-state index contributed by atoms with van der Waals surface area (Å²) in [6, 6.07) is 15.4. The Morgan fingerprint density at radius 2 is 1.62 bits per heavy atom. The maximum Gasteiger partial charge on any atom is 0.344 e. The minimum atomic E-state index is -0.481. The highest BCUT2D eigenvalue weighted by Crippen LogP contribution is 2.40. The number of ether oxygens (including phenoxy) is 2. The minimum absolute atomic E-state index is 0.0428. The first-order valence-electron chi connectivity index (χ1n) is 10.3. The van der Waals surface area contributed by atoms with Crippen LogP contribution in [-0.2, 0) is 19.7 Å². The number of anilines is 1. The molecule has 0 aromatic heterocycles. The highest BCUT2D eigenvalue weighted by molar-refractivity contribution is 5.99. The lowest BCUT2D eigenvalue weighted by Gasteiger charge is -2.36. The highest BCUT2D eigenvalue weighted by atomic mass is 16.6. The average molecular weight is 395 g/mol. The number of amides is 1. The van der Waals surface area contributed by atoms with Crippen molar-refractivity contribution >= 4 is 17.6 Å². The zero-order chi connectivity index (χ0) is 20.7. The van der Waals surface area contributed by atoms with E-state index in [1.165, 1.54) is 12.0 Å². The number of benzene rings is 2. The van der Waals surface area contributed by atoms with Crippen LogP contribution in [0.2, 0.25) is 0 Å². The van der Waals surface area contributed by atoms with Crippen LogP contribution in [0.1, 0.15) is 50.2 Å². The summed E-state index contributed by atoms with van der Waals surface area (Å²) in [4.78, 5) is 24.7. The lowest BCUT2D eigenvalue weighted by molar-refractivity contribution is -0.145. The van der Waals surface area contributed by atoms with Crippen LogP contribution in [0.5, 0.6) is 5.75 Å². The van der Waals surface area contributed by atoms with Crippen molar-refractivity contribution in [3.05, 3.63) is 59.7 Å². The summed E-state index contributed by atoms with van der Waals surface area (Å²) in [7, 11) is 0. The van der Waals surface area contributed by atoms with Gasteiger partial charge < -0.3 is 14.8 Å². The number of carbonyl (C=O) groups excluding carboxylic acids is 2. The van der Waals surface area contributed by atoms with Crippen LogP contribution in [0.4, 0.5) is 5.69 Å². The van der Waals surface area contributed by atoms with Crippen molar-refractivity contribution < 1.29 is 19.1 Å². The third kappa shape index (κ3) is 5.17. The maximum absolute atomic E-state index is 13.3. The van der Waals surface area contributed by atoms with Crippen molar-refractivity contribution in [3.8, 4) is 5.75 Å². The highest BCUT2D eigenvalue weighted by Gasteiger charge is 2.41. The fraction of sp³-hybridized carbons (Fsp3) is 0.417. The monoisotopic (exact) mass is 395 g/mol. The molecule has 0 heterocycles. The molecule has 0 atom stereocenters. The molecule has 1 aliphatic rings. The summed E-state index contributed by atoms with van der Waals surface area (Å²) >= 11 is 0. The fourth-order valence-electron chi connectivity index (χ4n) is 3.90. The van der Waals surface area contributed by atoms with Gasteiger partial charge in [-0.05, 0) is 56.5 Å². The molecule has 0 unspecified atom stereocenters. The number of rotatable bonds is 7. The van der Waals surface area contributed by atoms with Gasteiger partial charge in [-0.15, -0.1) is 0 Å². The molecule has 154 valence electrons. The predicted octanol–water partition coefficient (Wildman–Crippen LogP) is 4.78. The molecular formula is C24H29NO4. The molecule has 0 spiro atoms. The molecule has 2 aromatic rings. The van der Waals surface area contributed by atoms with E-state index in [9.17, 15) is 9.59 Å². The molecule has 0 aliphatic heterocycles. The Bertz CT molecular complexity index is 821. The summed E-state index contributed by atoms with van der Waals surface area (Å²) in [6.07, 6.45) is 5.02. The summed E-state index contributed by atoms with van der Waals surface area (Å²) in [5, 5.41) is 3.09. The van der Waals surface area contributed by atoms with E-state index in [-0.39, 0.29) is 12.5 Å². The van der Waals surface area contributed by atoms with Crippen LogP contribution < -0.4 is 10.1 Å². The van der Waals surface area contributed by atoms with E-state index in [0.717, 1.165) is 36.9 Å². The van der Waals surface area contributed by atoms with Gasteiger partial charge in [0, 0.05) is 5.69 Å². The molecule has 0 saturated heterocycles. The second-order valence-corrected chi connectivity index (χ2v) is 7.58. The number of esters is 1. The largest absolute Gasteiger partial charge is 0.482 e. The summed E-state index contributed by atoms with van der Waals surface area (Å²) in [5.74, 6) is 0.199. The Morgan fingerprint density at radius 3 is 2.24 bits per heavy atom. The topological polar surface area (TPSA) is 64.6 Å². The van der Waals surface area contributed by atoms with Crippen LogP contribution in [0.25, 0.3) is 0 Å². The standard InChI is InChI=1S/C24H29NO4/c1-3-28-22(26)17-29-21-13-11-20(12-14-21)25-23(27)24(15-5-4-6-16-24)19-9-7-18(2)8-10-19/h7-14H,3-6,15-17H2,1-2H3,(H,25,27). The smallest absolute Gasteiger partial charge is 0.344 e. The SMILES string of the molecule is CCOC(=O)COc1ccc(NC(=O)C2(c3ccc(C)cc3)CCCCC2)cc1. The molecule has 1 saturated carbocycles. The van der Waals surface area contributed by atoms with Gasteiger partial charge in [0.2, 0.25) is 5.91 Å². The normalized spacial score (nSPS) is 15.4. The van der Waals surface area contributed by atoms with Gasteiger partial charge in [-0.3, -0.25) is 4.79 Å². The number of carbonyl (C=O) groups is 2. The molecule has 5 heteroatoms. The van der Waals surface area contributed by atoms with E-state index in [4.69, 9.17) is 9.47 Å². The number of hydrogen-bond donors (Lipinski definition) is 1. The van der Waals surface area contributed by atoms with Gasteiger partial charge in [-0.1, -0.05) is 49.1 Å².